The van der Waals surface area contributed by atoms with Gasteiger partial charge in [0, 0.05) is 25.1 Å². The van der Waals surface area contributed by atoms with Crippen LogP contribution in [-0.4, -0.2) is 34.5 Å². The summed E-state index contributed by atoms with van der Waals surface area (Å²) in [7, 11) is 3.45. The third-order valence-electron chi connectivity index (χ3n) is 6.63. The van der Waals surface area contributed by atoms with Gasteiger partial charge >= 0.3 is 0 Å². The van der Waals surface area contributed by atoms with Gasteiger partial charge < -0.3 is 19.9 Å². The van der Waals surface area contributed by atoms with Crippen LogP contribution in [0.4, 0.5) is 5.69 Å². The highest BCUT2D eigenvalue weighted by atomic mass is 16.5. The highest BCUT2D eigenvalue weighted by Gasteiger charge is 2.24. The van der Waals surface area contributed by atoms with Gasteiger partial charge in [0.05, 0.1) is 29.4 Å². The van der Waals surface area contributed by atoms with E-state index in [1.54, 1.807) is 30.3 Å². The number of aromatic nitrogens is 2. The molecule has 0 radical (unpaired) electrons. The zero-order chi connectivity index (χ0) is 24.5. The molecule has 0 fully saturated rings. The van der Waals surface area contributed by atoms with Crippen LogP contribution in [0.1, 0.15) is 44.6 Å². The van der Waals surface area contributed by atoms with Crippen molar-refractivity contribution in [3.05, 3.63) is 88.7 Å². The Balaban J connectivity index is 1.48. The molecule has 0 saturated heterocycles. The van der Waals surface area contributed by atoms with Crippen molar-refractivity contribution in [2.45, 2.75) is 32.2 Å². The van der Waals surface area contributed by atoms with E-state index < -0.39 is 0 Å². The van der Waals surface area contributed by atoms with E-state index >= 15 is 0 Å². The number of para-hydroxylation sites is 1. The molecule has 7 nitrogen and oxygen atoms in total. The van der Waals surface area contributed by atoms with E-state index in [9.17, 15) is 9.59 Å². The summed E-state index contributed by atoms with van der Waals surface area (Å²) in [5, 5.41) is 6.16. The van der Waals surface area contributed by atoms with E-state index in [-0.39, 0.29) is 17.9 Å². The Morgan fingerprint density at radius 1 is 1.03 bits per heavy atom. The summed E-state index contributed by atoms with van der Waals surface area (Å²) in [6.45, 7) is 2.03. The molecule has 0 atom stereocenters. The van der Waals surface area contributed by atoms with Gasteiger partial charge in [0.15, 0.2) is 0 Å². The van der Waals surface area contributed by atoms with Gasteiger partial charge in [-0.15, -0.1) is 0 Å². The number of carbonyl (C=O) groups is 2. The molecule has 4 aromatic rings. The summed E-state index contributed by atoms with van der Waals surface area (Å²) in [6, 6.07) is 18.9. The van der Waals surface area contributed by atoms with Crippen LogP contribution >= 0.6 is 0 Å². The standard InChI is InChI=1S/C28H28N4O3/c1-4-25-30-22-15-19(27(33)29-20-13-17-9-5-6-10-18(17)14-20)16-23(26(22)32(25)2)31-28(34)21-11-7-8-12-24(21)35-3/h5-12,15-16,20H,4,13-14H2,1-3H3,(H,29,33)(H,31,34). The third-order valence-corrected chi connectivity index (χ3v) is 6.63. The molecule has 35 heavy (non-hydrogen) atoms. The minimum Gasteiger partial charge on any atom is -0.496 e. The number of methoxy groups -OCH3 is 1. The maximum Gasteiger partial charge on any atom is 0.259 e. The van der Waals surface area contributed by atoms with E-state index in [0.717, 1.165) is 30.6 Å². The molecule has 1 aromatic heterocycles. The van der Waals surface area contributed by atoms with Crippen molar-refractivity contribution in [2.24, 2.45) is 7.05 Å². The van der Waals surface area contributed by atoms with Crippen LogP contribution in [0, 0.1) is 0 Å². The number of ether oxygens (including phenoxy) is 1. The predicted molar refractivity (Wildman–Crippen MR) is 136 cm³/mol. The molecule has 1 heterocycles. The lowest BCUT2D eigenvalue weighted by atomic mass is 10.1. The highest BCUT2D eigenvalue weighted by Crippen LogP contribution is 2.29. The summed E-state index contributed by atoms with van der Waals surface area (Å²) in [5.74, 6) is 0.861. The summed E-state index contributed by atoms with van der Waals surface area (Å²) in [4.78, 5) is 31.2. The van der Waals surface area contributed by atoms with Crippen LogP contribution in [0.3, 0.4) is 0 Å². The first-order valence-electron chi connectivity index (χ1n) is 11.8. The van der Waals surface area contributed by atoms with Crippen LogP contribution in [0.2, 0.25) is 0 Å². The van der Waals surface area contributed by atoms with Crippen molar-refractivity contribution in [3.63, 3.8) is 0 Å². The van der Waals surface area contributed by atoms with E-state index in [1.165, 1.54) is 18.2 Å². The number of nitrogens with zero attached hydrogens (tertiary/aromatic N) is 2. The van der Waals surface area contributed by atoms with E-state index in [4.69, 9.17) is 9.72 Å². The maximum atomic E-state index is 13.3. The molecule has 2 N–H and O–H groups in total. The summed E-state index contributed by atoms with van der Waals surface area (Å²) < 4.78 is 7.32. The van der Waals surface area contributed by atoms with Crippen molar-refractivity contribution in [1.82, 2.24) is 14.9 Å². The SMILES string of the molecule is CCc1nc2cc(C(=O)NC3Cc4ccccc4C3)cc(NC(=O)c3ccccc3OC)c2n1C. The Bertz CT molecular complexity index is 1410. The Morgan fingerprint density at radius 2 is 1.71 bits per heavy atom. The van der Waals surface area contributed by atoms with Gasteiger partial charge in [0.1, 0.15) is 11.6 Å². The molecule has 0 aliphatic heterocycles. The molecule has 0 saturated carbocycles. The number of hydrogen-bond donors (Lipinski definition) is 2. The number of carbonyl (C=O) groups excluding carboxylic acids is 2. The maximum absolute atomic E-state index is 13.3. The average Bonchev–Trinajstić information content (AvgIpc) is 3.43. The second kappa shape index (κ2) is 9.25. The molecule has 1 aliphatic carbocycles. The number of aryl methyl sites for hydroxylation is 2. The topological polar surface area (TPSA) is 85.2 Å². The third kappa shape index (κ3) is 4.25. The zero-order valence-corrected chi connectivity index (χ0v) is 20.1. The summed E-state index contributed by atoms with van der Waals surface area (Å²) >= 11 is 0. The molecule has 0 spiro atoms. The number of nitrogens with one attached hydrogen (secondary N) is 2. The van der Waals surface area contributed by atoms with Gasteiger partial charge in [0.2, 0.25) is 0 Å². The molecule has 5 rings (SSSR count). The number of rotatable bonds is 6. The lowest BCUT2D eigenvalue weighted by Crippen LogP contribution is -2.35. The van der Waals surface area contributed by atoms with E-state index in [2.05, 4.69) is 22.8 Å². The number of imidazole rings is 1. The van der Waals surface area contributed by atoms with Crippen molar-refractivity contribution in [2.75, 3.05) is 12.4 Å². The quantitative estimate of drug-likeness (QED) is 0.442. The van der Waals surface area contributed by atoms with Crippen molar-refractivity contribution in [3.8, 4) is 5.75 Å². The minimum absolute atomic E-state index is 0.0390. The van der Waals surface area contributed by atoms with Crippen molar-refractivity contribution < 1.29 is 14.3 Å². The largest absolute Gasteiger partial charge is 0.496 e. The van der Waals surface area contributed by atoms with Crippen LogP contribution in [0.5, 0.6) is 5.75 Å². The molecule has 178 valence electrons. The number of benzene rings is 3. The molecule has 1 aliphatic rings. The van der Waals surface area contributed by atoms with Gasteiger partial charge in [-0.25, -0.2) is 4.98 Å². The predicted octanol–water partition coefficient (Wildman–Crippen LogP) is 4.29. The molecule has 0 bridgehead atoms. The first kappa shape index (κ1) is 22.7. The second-order valence-electron chi connectivity index (χ2n) is 8.83. The highest BCUT2D eigenvalue weighted by molar-refractivity contribution is 6.11. The lowest BCUT2D eigenvalue weighted by molar-refractivity contribution is 0.0937. The Kier molecular flexibility index (Phi) is 5.99. The van der Waals surface area contributed by atoms with Crippen LogP contribution in [0.15, 0.2) is 60.7 Å². The first-order chi connectivity index (χ1) is 17.0. The number of fused-ring (bicyclic) bond motifs is 2. The van der Waals surface area contributed by atoms with Crippen molar-refractivity contribution >= 4 is 28.5 Å². The van der Waals surface area contributed by atoms with Gasteiger partial charge in [0.25, 0.3) is 11.8 Å². The molecule has 7 heteroatoms. The fourth-order valence-electron chi connectivity index (χ4n) is 4.89. The normalized spacial score (nSPS) is 13.0. The van der Waals surface area contributed by atoms with Crippen LogP contribution in [0.25, 0.3) is 11.0 Å². The number of hydrogen-bond acceptors (Lipinski definition) is 4. The summed E-state index contributed by atoms with van der Waals surface area (Å²) in [5.41, 5.74) is 5.40. The van der Waals surface area contributed by atoms with Crippen LogP contribution < -0.4 is 15.4 Å². The van der Waals surface area contributed by atoms with Gasteiger partial charge in [-0.05, 0) is 48.2 Å². The van der Waals surface area contributed by atoms with Crippen LogP contribution in [-0.2, 0) is 26.3 Å². The van der Waals surface area contributed by atoms with E-state index in [1.807, 2.05) is 36.7 Å². The fourth-order valence-corrected chi connectivity index (χ4v) is 4.89. The van der Waals surface area contributed by atoms with Crippen molar-refractivity contribution in [1.29, 1.82) is 0 Å². The van der Waals surface area contributed by atoms with Gasteiger partial charge in [-0.1, -0.05) is 43.3 Å². The van der Waals surface area contributed by atoms with Gasteiger partial charge in [-0.3, -0.25) is 9.59 Å². The first-order valence-corrected chi connectivity index (χ1v) is 11.8. The monoisotopic (exact) mass is 468 g/mol. The zero-order valence-electron chi connectivity index (χ0n) is 20.1. The number of anilines is 1. The van der Waals surface area contributed by atoms with E-state index in [0.29, 0.717) is 28.1 Å². The Morgan fingerprint density at radius 3 is 2.40 bits per heavy atom. The Labute approximate surface area is 204 Å². The second-order valence-corrected chi connectivity index (χ2v) is 8.83. The fraction of sp³-hybridized carbons (Fsp3) is 0.250. The molecular formula is C28H28N4O3. The smallest absolute Gasteiger partial charge is 0.259 e. The molecule has 3 aromatic carbocycles. The average molecular weight is 469 g/mol. The summed E-state index contributed by atoms with van der Waals surface area (Å²) in [6.07, 6.45) is 2.35. The molecule has 2 amide bonds. The van der Waals surface area contributed by atoms with Gasteiger partial charge in [-0.2, -0.15) is 0 Å². The lowest BCUT2D eigenvalue weighted by Gasteiger charge is -2.15. The Hall–Kier alpha value is -4.13. The minimum atomic E-state index is -0.313. The molecule has 0 unspecified atom stereocenters. The number of amides is 2. The molecular weight excluding hydrogens is 440 g/mol.